The molecule has 2 saturated heterocycles. The minimum atomic E-state index is -0.197. The number of carbonyl (C=O) groups is 2. The molecular weight excluding hydrogens is 364 g/mol. The topological polar surface area (TPSA) is 77.0 Å². The van der Waals surface area contributed by atoms with Crippen LogP contribution in [0.1, 0.15) is 45.4 Å². The number of nitrogens with zero attached hydrogens (tertiary/aromatic N) is 4. The van der Waals surface area contributed by atoms with Crippen LogP contribution in [-0.4, -0.2) is 81.4 Å². The summed E-state index contributed by atoms with van der Waals surface area (Å²) in [5.41, 5.74) is 1.58. The molecule has 1 aliphatic carbocycles. The molecule has 1 atom stereocenters. The first-order valence-corrected chi connectivity index (χ1v) is 10.9. The Morgan fingerprint density at radius 3 is 2.44 bits per heavy atom. The first-order chi connectivity index (χ1) is 13.1. The van der Waals surface area contributed by atoms with Crippen molar-refractivity contribution in [3.8, 4) is 5.88 Å². The molecule has 3 aliphatic rings. The van der Waals surface area contributed by atoms with Crippen LogP contribution in [0.5, 0.6) is 5.88 Å². The van der Waals surface area contributed by atoms with Gasteiger partial charge in [-0.05, 0) is 32.1 Å². The summed E-state index contributed by atoms with van der Waals surface area (Å²) in [7, 11) is 0. The average Bonchev–Trinajstić information content (AvgIpc) is 3.21. The second-order valence-corrected chi connectivity index (χ2v) is 8.24. The lowest BCUT2D eigenvalue weighted by atomic mass is 9.91. The summed E-state index contributed by atoms with van der Waals surface area (Å²) in [6, 6.07) is 0.568. The molecule has 1 saturated carbocycles. The maximum Gasteiger partial charge on any atom is 0.245 e. The molecule has 7 nitrogen and oxygen atoms in total. The molecule has 0 spiro atoms. The smallest absolute Gasteiger partial charge is 0.245 e. The number of likely N-dealkylation sites (tertiary alicyclic amines) is 1. The maximum absolute atomic E-state index is 12.7. The highest BCUT2D eigenvalue weighted by molar-refractivity contribution is 7.07. The second kappa shape index (κ2) is 9.50. The van der Waals surface area contributed by atoms with E-state index in [1.54, 1.807) is 22.7 Å². The summed E-state index contributed by atoms with van der Waals surface area (Å²) in [4.78, 5) is 34.2. The standard InChI is InChI=1S/C16H27N3O2.C3H3NOS/c1-13(20)19-10-3-7-15(19)16(21)18-9-4-8-17(11-12-18)14-5-2-6-14;5-3-1-6-2-4-3/h14-15H,2-12H2,1H3;1-2,5H/t15-;/m1./s1. The summed E-state index contributed by atoms with van der Waals surface area (Å²) in [5.74, 6) is 0.329. The fourth-order valence-corrected chi connectivity index (χ4v) is 4.50. The first-order valence-electron chi connectivity index (χ1n) is 9.93. The molecule has 2 aliphatic heterocycles. The van der Waals surface area contributed by atoms with E-state index in [9.17, 15) is 9.59 Å². The molecule has 0 unspecified atom stereocenters. The zero-order chi connectivity index (χ0) is 19.2. The van der Waals surface area contributed by atoms with Gasteiger partial charge in [-0.3, -0.25) is 14.5 Å². The molecule has 2 amide bonds. The van der Waals surface area contributed by atoms with Crippen molar-refractivity contribution in [1.82, 2.24) is 19.7 Å². The van der Waals surface area contributed by atoms with Crippen LogP contribution in [0.3, 0.4) is 0 Å². The van der Waals surface area contributed by atoms with Crippen LogP contribution >= 0.6 is 11.3 Å². The van der Waals surface area contributed by atoms with Crippen LogP contribution in [0, 0.1) is 0 Å². The Morgan fingerprint density at radius 1 is 1.07 bits per heavy atom. The Balaban J connectivity index is 0.000000299. The summed E-state index contributed by atoms with van der Waals surface area (Å²) in [6.07, 6.45) is 6.87. The lowest BCUT2D eigenvalue weighted by molar-refractivity contribution is -0.142. The highest BCUT2D eigenvalue weighted by Crippen LogP contribution is 2.26. The number of amides is 2. The minimum Gasteiger partial charge on any atom is -0.493 e. The largest absolute Gasteiger partial charge is 0.493 e. The van der Waals surface area contributed by atoms with Crippen molar-refractivity contribution in [2.24, 2.45) is 0 Å². The minimum absolute atomic E-state index is 0.0387. The highest BCUT2D eigenvalue weighted by atomic mass is 32.1. The lowest BCUT2D eigenvalue weighted by Crippen LogP contribution is -2.48. The molecule has 1 aromatic rings. The summed E-state index contributed by atoms with van der Waals surface area (Å²) >= 11 is 1.38. The van der Waals surface area contributed by atoms with Gasteiger partial charge in [0.1, 0.15) is 6.04 Å². The Labute approximate surface area is 165 Å². The van der Waals surface area contributed by atoms with Crippen LogP contribution in [0.15, 0.2) is 10.9 Å². The molecule has 1 N–H and O–H groups in total. The molecule has 1 aromatic heterocycles. The van der Waals surface area contributed by atoms with Crippen molar-refractivity contribution < 1.29 is 14.7 Å². The third-order valence-electron chi connectivity index (χ3n) is 5.79. The van der Waals surface area contributed by atoms with E-state index in [1.807, 2.05) is 4.90 Å². The van der Waals surface area contributed by atoms with Gasteiger partial charge in [0.15, 0.2) is 0 Å². The molecular formula is C19H30N4O3S. The second-order valence-electron chi connectivity index (χ2n) is 7.52. The van der Waals surface area contributed by atoms with Gasteiger partial charge in [-0.1, -0.05) is 6.42 Å². The van der Waals surface area contributed by atoms with Gasteiger partial charge in [0.2, 0.25) is 17.7 Å². The van der Waals surface area contributed by atoms with E-state index in [4.69, 9.17) is 5.11 Å². The SMILES string of the molecule is CC(=O)N1CCC[C@@H]1C(=O)N1CCCN(C2CCC2)CC1.Oc1cscn1. The maximum atomic E-state index is 12.7. The van der Waals surface area contributed by atoms with Crippen LogP contribution in [-0.2, 0) is 9.59 Å². The van der Waals surface area contributed by atoms with Crippen molar-refractivity contribution in [3.05, 3.63) is 10.9 Å². The summed E-state index contributed by atoms with van der Waals surface area (Å²) in [5, 5.41) is 9.94. The van der Waals surface area contributed by atoms with Crippen LogP contribution < -0.4 is 0 Å². The molecule has 8 heteroatoms. The molecule has 4 rings (SSSR count). The van der Waals surface area contributed by atoms with E-state index < -0.39 is 0 Å². The fraction of sp³-hybridized carbons (Fsp3) is 0.737. The normalized spacial score (nSPS) is 24.0. The number of aromatic nitrogens is 1. The molecule has 150 valence electrons. The van der Waals surface area contributed by atoms with E-state index in [0.717, 1.165) is 58.0 Å². The van der Waals surface area contributed by atoms with E-state index in [2.05, 4.69) is 9.88 Å². The number of carbonyl (C=O) groups excluding carboxylic acids is 2. The first kappa shape index (κ1) is 20.1. The Kier molecular flexibility index (Phi) is 7.07. The fourth-order valence-electron chi connectivity index (χ4n) is 4.09. The molecule has 0 radical (unpaired) electrons. The van der Waals surface area contributed by atoms with Gasteiger partial charge in [0.25, 0.3) is 0 Å². The predicted octanol–water partition coefficient (Wildman–Crippen LogP) is 1.93. The molecule has 3 fully saturated rings. The Hall–Kier alpha value is -1.67. The molecule has 3 heterocycles. The van der Waals surface area contributed by atoms with Crippen LogP contribution in [0.2, 0.25) is 0 Å². The third kappa shape index (κ3) is 5.19. The quantitative estimate of drug-likeness (QED) is 0.829. The average molecular weight is 395 g/mol. The summed E-state index contributed by atoms with van der Waals surface area (Å²) < 4.78 is 0. The van der Waals surface area contributed by atoms with Crippen molar-refractivity contribution in [2.75, 3.05) is 32.7 Å². The number of thiazole rings is 1. The van der Waals surface area contributed by atoms with Gasteiger partial charge in [0.05, 0.1) is 10.9 Å². The van der Waals surface area contributed by atoms with Gasteiger partial charge >= 0.3 is 0 Å². The third-order valence-corrected chi connectivity index (χ3v) is 6.37. The van der Waals surface area contributed by atoms with E-state index in [1.165, 1.54) is 30.6 Å². The molecule has 0 bridgehead atoms. The number of hydrogen-bond donors (Lipinski definition) is 1. The summed E-state index contributed by atoms with van der Waals surface area (Å²) in [6.45, 7) is 6.13. The molecule has 27 heavy (non-hydrogen) atoms. The van der Waals surface area contributed by atoms with E-state index in [-0.39, 0.29) is 23.7 Å². The van der Waals surface area contributed by atoms with Crippen molar-refractivity contribution in [3.63, 3.8) is 0 Å². The van der Waals surface area contributed by atoms with Gasteiger partial charge in [0, 0.05) is 45.7 Å². The number of rotatable bonds is 2. The van der Waals surface area contributed by atoms with Gasteiger partial charge in [-0.15, -0.1) is 11.3 Å². The predicted molar refractivity (Wildman–Crippen MR) is 105 cm³/mol. The zero-order valence-electron chi connectivity index (χ0n) is 16.0. The van der Waals surface area contributed by atoms with Gasteiger partial charge < -0.3 is 14.9 Å². The highest BCUT2D eigenvalue weighted by Gasteiger charge is 2.36. The number of aromatic hydroxyl groups is 1. The molecule has 0 aromatic carbocycles. The monoisotopic (exact) mass is 394 g/mol. The number of hydrogen-bond acceptors (Lipinski definition) is 6. The van der Waals surface area contributed by atoms with E-state index in [0.29, 0.717) is 0 Å². The van der Waals surface area contributed by atoms with Gasteiger partial charge in [-0.2, -0.15) is 0 Å². The lowest BCUT2D eigenvalue weighted by Gasteiger charge is -2.36. The van der Waals surface area contributed by atoms with Crippen molar-refractivity contribution in [1.29, 1.82) is 0 Å². The Morgan fingerprint density at radius 2 is 1.89 bits per heavy atom. The zero-order valence-corrected chi connectivity index (χ0v) is 16.9. The van der Waals surface area contributed by atoms with Crippen molar-refractivity contribution >= 4 is 23.2 Å². The van der Waals surface area contributed by atoms with Crippen LogP contribution in [0.4, 0.5) is 0 Å². The van der Waals surface area contributed by atoms with Crippen molar-refractivity contribution in [2.45, 2.75) is 57.5 Å². The van der Waals surface area contributed by atoms with Gasteiger partial charge in [-0.25, -0.2) is 4.98 Å². The van der Waals surface area contributed by atoms with E-state index >= 15 is 0 Å². The Bertz CT molecular complexity index is 620. The van der Waals surface area contributed by atoms with Crippen LogP contribution in [0.25, 0.3) is 0 Å².